The third-order valence-corrected chi connectivity index (χ3v) is 3.89. The first-order chi connectivity index (χ1) is 9.89. The molecule has 0 radical (unpaired) electrons. The van der Waals surface area contributed by atoms with E-state index in [1.807, 2.05) is 0 Å². The van der Waals surface area contributed by atoms with Gasteiger partial charge >= 0.3 is 0 Å². The van der Waals surface area contributed by atoms with Crippen molar-refractivity contribution in [3.63, 3.8) is 0 Å². The lowest BCUT2D eigenvalue weighted by Crippen LogP contribution is -2.37. The average molecular weight is 309 g/mol. The van der Waals surface area contributed by atoms with Gasteiger partial charge in [-0.25, -0.2) is 4.39 Å². The van der Waals surface area contributed by atoms with Crippen molar-refractivity contribution in [3.8, 4) is 16.3 Å². The fourth-order valence-corrected chi connectivity index (χ4v) is 2.64. The Morgan fingerprint density at radius 1 is 1.29 bits per heavy atom. The van der Waals surface area contributed by atoms with Crippen LogP contribution in [-0.4, -0.2) is 29.4 Å². The Labute approximate surface area is 128 Å². The van der Waals surface area contributed by atoms with E-state index in [9.17, 15) is 4.39 Å². The molecule has 2 aromatic rings. The molecule has 21 heavy (non-hydrogen) atoms. The Balaban J connectivity index is 2.06. The Hall–Kier alpha value is -1.53. The Morgan fingerprint density at radius 2 is 2.05 bits per heavy atom. The number of hydrogen-bond acceptors (Lipinski definition) is 5. The summed E-state index contributed by atoms with van der Waals surface area (Å²) in [7, 11) is 1.45. The predicted molar refractivity (Wildman–Crippen MR) is 83.3 cm³/mol. The number of ether oxygens (including phenoxy) is 1. The van der Waals surface area contributed by atoms with Crippen LogP contribution in [0.2, 0.25) is 0 Å². The summed E-state index contributed by atoms with van der Waals surface area (Å²) >= 11 is 1.52. The minimum absolute atomic E-state index is 0.0951. The molecule has 1 N–H and O–H groups in total. The summed E-state index contributed by atoms with van der Waals surface area (Å²) in [5.41, 5.74) is 0.915. The number of benzene rings is 1. The van der Waals surface area contributed by atoms with Gasteiger partial charge in [0.05, 0.1) is 7.11 Å². The molecule has 0 fully saturated rings. The summed E-state index contributed by atoms with van der Waals surface area (Å²) in [5.74, 6) is -0.154. The number of halogens is 1. The predicted octanol–water partition coefficient (Wildman–Crippen LogP) is 3.28. The summed E-state index contributed by atoms with van der Waals surface area (Å²) in [6.45, 7) is 7.24. The maximum absolute atomic E-state index is 13.4. The number of nitrogens with zero attached hydrogens (tertiary/aromatic N) is 2. The topological polar surface area (TPSA) is 47.0 Å². The number of methoxy groups -OCH3 is 1. The van der Waals surface area contributed by atoms with Gasteiger partial charge in [0.1, 0.15) is 10.0 Å². The molecule has 2 rings (SSSR count). The molecule has 0 spiro atoms. The van der Waals surface area contributed by atoms with Crippen molar-refractivity contribution in [2.75, 3.05) is 13.7 Å². The molecule has 0 aliphatic carbocycles. The summed E-state index contributed by atoms with van der Waals surface area (Å²) in [6.07, 6.45) is 0.827. The first-order valence-corrected chi connectivity index (χ1v) is 7.62. The van der Waals surface area contributed by atoms with E-state index in [1.54, 1.807) is 12.1 Å². The van der Waals surface area contributed by atoms with Crippen LogP contribution in [0.25, 0.3) is 10.6 Å². The van der Waals surface area contributed by atoms with E-state index < -0.39 is 0 Å². The Kier molecular flexibility index (Phi) is 4.90. The molecule has 4 nitrogen and oxygen atoms in total. The van der Waals surface area contributed by atoms with Crippen molar-refractivity contribution in [1.82, 2.24) is 15.5 Å². The van der Waals surface area contributed by atoms with Gasteiger partial charge in [-0.2, -0.15) is 0 Å². The zero-order valence-corrected chi connectivity index (χ0v) is 13.6. The van der Waals surface area contributed by atoms with Crippen LogP contribution < -0.4 is 10.1 Å². The molecule has 1 aromatic carbocycles. The molecule has 0 atom stereocenters. The molecule has 6 heteroatoms. The minimum atomic E-state index is -0.375. The van der Waals surface area contributed by atoms with Gasteiger partial charge in [0, 0.05) is 24.1 Å². The fraction of sp³-hybridized carbons (Fsp3) is 0.467. The van der Waals surface area contributed by atoms with Gasteiger partial charge in [-0.1, -0.05) is 11.3 Å². The van der Waals surface area contributed by atoms with Crippen molar-refractivity contribution in [2.45, 2.75) is 32.7 Å². The van der Waals surface area contributed by atoms with Gasteiger partial charge < -0.3 is 10.1 Å². The molecule has 114 valence electrons. The van der Waals surface area contributed by atoms with E-state index in [0.29, 0.717) is 0 Å². The normalized spacial score (nSPS) is 11.7. The highest BCUT2D eigenvalue weighted by Gasteiger charge is 2.12. The van der Waals surface area contributed by atoms with Gasteiger partial charge in [0.2, 0.25) is 0 Å². The second kappa shape index (κ2) is 6.49. The molecule has 1 aromatic heterocycles. The van der Waals surface area contributed by atoms with Gasteiger partial charge in [-0.05, 0) is 39.0 Å². The van der Waals surface area contributed by atoms with Crippen LogP contribution >= 0.6 is 11.3 Å². The minimum Gasteiger partial charge on any atom is -0.494 e. The third kappa shape index (κ3) is 4.47. The second-order valence-corrected chi connectivity index (χ2v) is 6.84. The molecule has 0 bridgehead atoms. The lowest BCUT2D eigenvalue weighted by atomic mass is 10.1. The summed E-state index contributed by atoms with van der Waals surface area (Å²) < 4.78 is 18.4. The van der Waals surface area contributed by atoms with Gasteiger partial charge in [0.15, 0.2) is 11.6 Å². The number of rotatable bonds is 5. The van der Waals surface area contributed by atoms with Crippen LogP contribution in [0.3, 0.4) is 0 Å². The molecule has 0 saturated heterocycles. The molecule has 0 aliphatic rings. The smallest absolute Gasteiger partial charge is 0.165 e. The Bertz CT molecular complexity index is 607. The molecular weight excluding hydrogens is 289 g/mol. The SMILES string of the molecule is COc1cc(-c2nnc(CCNC(C)(C)C)s2)ccc1F. The molecule has 0 amide bonds. The highest BCUT2D eigenvalue weighted by atomic mass is 32.1. The van der Waals surface area contributed by atoms with Crippen molar-refractivity contribution in [3.05, 3.63) is 29.0 Å². The average Bonchev–Trinajstić information content (AvgIpc) is 2.86. The zero-order valence-electron chi connectivity index (χ0n) is 12.7. The molecule has 0 unspecified atom stereocenters. The lowest BCUT2D eigenvalue weighted by molar-refractivity contribution is 0.387. The van der Waals surface area contributed by atoms with E-state index in [4.69, 9.17) is 4.74 Å². The van der Waals surface area contributed by atoms with Crippen LogP contribution in [0, 0.1) is 5.82 Å². The van der Waals surface area contributed by atoms with E-state index in [1.165, 1.54) is 24.5 Å². The van der Waals surface area contributed by atoms with E-state index in [2.05, 4.69) is 36.3 Å². The largest absolute Gasteiger partial charge is 0.494 e. The number of aromatic nitrogens is 2. The quantitative estimate of drug-likeness (QED) is 0.921. The van der Waals surface area contributed by atoms with E-state index >= 15 is 0 Å². The standard InChI is InChI=1S/C15H20FN3OS/c1-15(2,3)17-8-7-13-18-19-14(21-13)10-5-6-11(16)12(9-10)20-4/h5-6,9,17H,7-8H2,1-4H3. The second-order valence-electron chi connectivity index (χ2n) is 5.78. The summed E-state index contributed by atoms with van der Waals surface area (Å²) in [4.78, 5) is 0. The van der Waals surface area contributed by atoms with Gasteiger partial charge in [-0.15, -0.1) is 10.2 Å². The first-order valence-electron chi connectivity index (χ1n) is 6.80. The van der Waals surface area contributed by atoms with Crippen LogP contribution in [0.1, 0.15) is 25.8 Å². The molecule has 0 saturated carbocycles. The zero-order chi connectivity index (χ0) is 15.5. The van der Waals surface area contributed by atoms with Gasteiger partial charge in [-0.3, -0.25) is 0 Å². The van der Waals surface area contributed by atoms with Crippen LogP contribution in [0.15, 0.2) is 18.2 Å². The number of nitrogens with one attached hydrogen (secondary N) is 1. The molecule has 1 heterocycles. The van der Waals surface area contributed by atoms with Gasteiger partial charge in [0.25, 0.3) is 0 Å². The summed E-state index contributed by atoms with van der Waals surface area (Å²) in [6, 6.07) is 4.72. The summed E-state index contributed by atoms with van der Waals surface area (Å²) in [5, 5.41) is 13.5. The molecular formula is C15H20FN3OS. The highest BCUT2D eigenvalue weighted by molar-refractivity contribution is 7.14. The molecule has 0 aliphatic heterocycles. The first kappa shape index (κ1) is 15.9. The maximum Gasteiger partial charge on any atom is 0.165 e. The fourth-order valence-electron chi connectivity index (χ4n) is 1.81. The van der Waals surface area contributed by atoms with Crippen molar-refractivity contribution >= 4 is 11.3 Å². The van der Waals surface area contributed by atoms with Crippen molar-refractivity contribution in [1.29, 1.82) is 0 Å². The van der Waals surface area contributed by atoms with Crippen LogP contribution in [0.5, 0.6) is 5.75 Å². The van der Waals surface area contributed by atoms with Crippen LogP contribution in [0.4, 0.5) is 4.39 Å². The number of hydrogen-bond donors (Lipinski definition) is 1. The lowest BCUT2D eigenvalue weighted by Gasteiger charge is -2.19. The monoisotopic (exact) mass is 309 g/mol. The van der Waals surface area contributed by atoms with E-state index in [0.717, 1.165) is 28.5 Å². The highest BCUT2D eigenvalue weighted by Crippen LogP contribution is 2.28. The maximum atomic E-state index is 13.4. The van der Waals surface area contributed by atoms with Crippen molar-refractivity contribution in [2.24, 2.45) is 0 Å². The van der Waals surface area contributed by atoms with Crippen molar-refractivity contribution < 1.29 is 9.13 Å². The third-order valence-electron chi connectivity index (χ3n) is 2.86. The van der Waals surface area contributed by atoms with E-state index in [-0.39, 0.29) is 17.1 Å². The Morgan fingerprint density at radius 3 is 2.71 bits per heavy atom. The van der Waals surface area contributed by atoms with Crippen LogP contribution in [-0.2, 0) is 6.42 Å².